The predicted octanol–water partition coefficient (Wildman–Crippen LogP) is 12.4. The Kier molecular flexibility index (Phi) is 12.6. The lowest BCUT2D eigenvalue weighted by molar-refractivity contribution is -0.138. The highest BCUT2D eigenvalue weighted by Crippen LogP contribution is 2.60. The van der Waals surface area contributed by atoms with E-state index >= 15 is 14.0 Å². The molecule has 1 fully saturated rings. The SMILES string of the molecule is CC(C)C1c2onc(OCc3ccccc3)c2C(=O)C2(O[Si](C)(C)C(C)(C)C)C(=O)C3=C(O)c4c(c(F)cc(/C=C/CO[Si](C)(C)C(C)(C)C)c4OCc4ccccc4)C[C@H]3C[C@@H]12. The highest BCUT2D eigenvalue weighted by atomic mass is 28.4. The standard InChI is InChI=1S/C51H64FNO8Si2/c1-31(2)39-37-27-35-26-36-38(52)28-34(24-19-25-59-62(9,10)49(3,4)5)44(57-29-32-20-15-13-16-21-32)41(36)43(54)40(35)46(55)51(37,61-63(11,12)50(6,7)8)47(56)42-45(39)60-53-48(42)58-30-33-22-17-14-18-23-33/h13-24,28,31,35,37,39,54H,25-27,29-30H2,1-12H3/b24-19+/t35-,37-,39?,51?/m0/s1. The Bertz CT molecular complexity index is 2430. The van der Waals surface area contributed by atoms with Gasteiger partial charge in [-0.1, -0.05) is 128 Å². The summed E-state index contributed by atoms with van der Waals surface area (Å²) in [6.07, 6.45) is 3.95. The van der Waals surface area contributed by atoms with Gasteiger partial charge in [-0.15, -0.1) is 0 Å². The molecule has 2 unspecified atom stereocenters. The van der Waals surface area contributed by atoms with Crippen LogP contribution in [0, 0.1) is 23.6 Å². The van der Waals surface area contributed by atoms with Gasteiger partial charge in [0.1, 0.15) is 36.1 Å². The third kappa shape index (κ3) is 8.44. The first-order chi connectivity index (χ1) is 29.5. The number of hydrogen-bond acceptors (Lipinski definition) is 9. The zero-order chi connectivity index (χ0) is 45.9. The van der Waals surface area contributed by atoms with Gasteiger partial charge in [-0.05, 0) is 83.3 Å². The lowest BCUT2D eigenvalue weighted by Gasteiger charge is -2.55. The molecule has 3 aliphatic rings. The predicted molar refractivity (Wildman–Crippen MR) is 249 cm³/mol. The number of aromatic nitrogens is 1. The van der Waals surface area contributed by atoms with Gasteiger partial charge < -0.3 is 28.0 Å². The van der Waals surface area contributed by atoms with Crippen molar-refractivity contribution in [3.8, 4) is 11.6 Å². The molecule has 1 heterocycles. The van der Waals surface area contributed by atoms with Crippen LogP contribution in [-0.4, -0.2) is 50.7 Å². The van der Waals surface area contributed by atoms with E-state index in [-0.39, 0.29) is 70.9 Å². The molecule has 1 aromatic heterocycles. The van der Waals surface area contributed by atoms with E-state index in [2.05, 4.69) is 59.8 Å². The van der Waals surface area contributed by atoms with Gasteiger partial charge in [0, 0.05) is 28.5 Å². The Morgan fingerprint density at radius 2 is 1.46 bits per heavy atom. The zero-order valence-electron chi connectivity index (χ0n) is 39.0. The minimum Gasteiger partial charge on any atom is -0.507 e. The molecule has 4 atom stereocenters. The van der Waals surface area contributed by atoms with Crippen molar-refractivity contribution in [1.82, 2.24) is 5.16 Å². The summed E-state index contributed by atoms with van der Waals surface area (Å²) in [5.41, 5.74) is 0.573. The lowest BCUT2D eigenvalue weighted by Crippen LogP contribution is -2.67. The van der Waals surface area contributed by atoms with Crippen molar-refractivity contribution in [2.45, 2.75) is 129 Å². The molecule has 0 spiro atoms. The van der Waals surface area contributed by atoms with E-state index in [0.29, 0.717) is 17.9 Å². The monoisotopic (exact) mass is 893 g/mol. The summed E-state index contributed by atoms with van der Waals surface area (Å²) >= 11 is 0. The summed E-state index contributed by atoms with van der Waals surface area (Å²) in [7, 11) is -5.06. The number of ketones is 2. The average molecular weight is 894 g/mol. The Hall–Kier alpha value is -4.63. The van der Waals surface area contributed by atoms with Gasteiger partial charge in [-0.2, -0.15) is 0 Å². The van der Waals surface area contributed by atoms with Crippen LogP contribution in [0.3, 0.4) is 0 Å². The summed E-state index contributed by atoms with van der Waals surface area (Å²) < 4.78 is 49.3. The molecular formula is C51H64FNO8Si2. The van der Waals surface area contributed by atoms with Crippen LogP contribution in [0.5, 0.6) is 11.6 Å². The van der Waals surface area contributed by atoms with Gasteiger partial charge in [-0.25, -0.2) is 4.39 Å². The number of nitrogens with zero attached hydrogens (tertiary/aromatic N) is 1. The average Bonchev–Trinajstić information content (AvgIpc) is 3.63. The van der Waals surface area contributed by atoms with Crippen molar-refractivity contribution < 1.29 is 41.9 Å². The van der Waals surface area contributed by atoms with Crippen LogP contribution < -0.4 is 9.47 Å². The molecule has 63 heavy (non-hydrogen) atoms. The molecule has 336 valence electrons. The molecule has 3 aliphatic carbocycles. The van der Waals surface area contributed by atoms with E-state index < -0.39 is 68.2 Å². The lowest BCUT2D eigenvalue weighted by atomic mass is 9.54. The molecule has 0 amide bonds. The summed E-state index contributed by atoms with van der Waals surface area (Å²) in [5, 5.41) is 16.6. The molecule has 0 bridgehead atoms. The molecular weight excluding hydrogens is 830 g/mol. The maximum absolute atomic E-state index is 16.7. The van der Waals surface area contributed by atoms with Crippen LogP contribution in [0.25, 0.3) is 11.8 Å². The Balaban J connectivity index is 1.40. The number of halogens is 1. The third-order valence-corrected chi connectivity index (χ3v) is 23.3. The molecule has 9 nitrogen and oxygen atoms in total. The number of Topliss-reactive ketones (excluding diaryl/α,β-unsaturated/α-hetero) is 2. The molecule has 12 heteroatoms. The normalized spacial score (nSPS) is 21.7. The molecule has 1 N–H and O–H groups in total. The maximum atomic E-state index is 16.7. The van der Waals surface area contributed by atoms with Gasteiger partial charge in [0.25, 0.3) is 5.88 Å². The fraction of sp³-hybridized carbons (Fsp3) is 0.471. The topological polar surface area (TPSA) is 117 Å². The minimum absolute atomic E-state index is 0.00379. The second-order valence-corrected chi connectivity index (χ2v) is 30.4. The number of hydrogen-bond donors (Lipinski definition) is 1. The maximum Gasteiger partial charge on any atom is 0.265 e. The van der Waals surface area contributed by atoms with Crippen molar-refractivity contribution in [3.63, 3.8) is 0 Å². The molecule has 4 aromatic rings. The summed E-state index contributed by atoms with van der Waals surface area (Å²) in [6.45, 7) is 25.7. The van der Waals surface area contributed by atoms with Gasteiger partial charge in [-0.3, -0.25) is 9.59 Å². The first-order valence-electron chi connectivity index (χ1n) is 22.2. The van der Waals surface area contributed by atoms with Crippen molar-refractivity contribution in [3.05, 3.63) is 123 Å². The fourth-order valence-electron chi connectivity index (χ4n) is 8.89. The quantitative estimate of drug-likeness (QED) is 0.103. The molecule has 0 aliphatic heterocycles. The van der Waals surface area contributed by atoms with Crippen molar-refractivity contribution in [1.29, 1.82) is 0 Å². The minimum atomic E-state index is -2.96. The highest BCUT2D eigenvalue weighted by molar-refractivity contribution is 6.75. The Labute approximate surface area is 374 Å². The molecule has 0 radical (unpaired) electrons. The van der Waals surface area contributed by atoms with Crippen LogP contribution in [0.15, 0.2) is 82.9 Å². The number of carbonyl (C=O) groups is 2. The Morgan fingerprint density at radius 1 is 0.873 bits per heavy atom. The summed E-state index contributed by atoms with van der Waals surface area (Å²) in [6, 6.07) is 20.6. The number of benzene rings is 3. The third-order valence-electron chi connectivity index (χ3n) is 14.4. The van der Waals surface area contributed by atoms with E-state index in [1.807, 2.05) is 93.7 Å². The second-order valence-electron chi connectivity index (χ2n) is 20.9. The van der Waals surface area contributed by atoms with Gasteiger partial charge in [0.15, 0.2) is 28.0 Å². The zero-order valence-corrected chi connectivity index (χ0v) is 41.0. The Morgan fingerprint density at radius 3 is 2.03 bits per heavy atom. The summed E-state index contributed by atoms with van der Waals surface area (Å²) in [4.78, 5) is 31.7. The van der Waals surface area contributed by atoms with E-state index in [0.717, 1.165) is 11.1 Å². The van der Waals surface area contributed by atoms with Crippen molar-refractivity contribution >= 4 is 40.0 Å². The first kappa shape index (κ1) is 46.4. The molecule has 3 aromatic carbocycles. The molecule has 0 saturated heterocycles. The first-order valence-corrected chi connectivity index (χ1v) is 28.0. The van der Waals surface area contributed by atoms with Gasteiger partial charge in [0.05, 0.1) is 12.2 Å². The summed E-state index contributed by atoms with van der Waals surface area (Å²) in [5.74, 6) is -3.50. The number of ether oxygens (including phenoxy) is 2. The van der Waals surface area contributed by atoms with Crippen LogP contribution in [-0.2, 0) is 33.3 Å². The molecule has 1 saturated carbocycles. The van der Waals surface area contributed by atoms with Crippen molar-refractivity contribution in [2.75, 3.05) is 6.61 Å². The van der Waals surface area contributed by atoms with Crippen LogP contribution in [0.1, 0.15) is 112 Å². The molecule has 7 rings (SSSR count). The van der Waals surface area contributed by atoms with E-state index in [9.17, 15) is 5.11 Å². The van der Waals surface area contributed by atoms with Crippen molar-refractivity contribution in [2.24, 2.45) is 17.8 Å². The van der Waals surface area contributed by atoms with E-state index in [1.165, 1.54) is 6.07 Å². The smallest absolute Gasteiger partial charge is 0.265 e. The van der Waals surface area contributed by atoms with Crippen LogP contribution in [0.4, 0.5) is 4.39 Å². The number of carbonyl (C=O) groups excluding carboxylic acids is 2. The largest absolute Gasteiger partial charge is 0.507 e. The van der Waals surface area contributed by atoms with Crippen LogP contribution >= 0.6 is 0 Å². The number of aliphatic hydroxyl groups is 1. The van der Waals surface area contributed by atoms with E-state index in [1.54, 1.807) is 6.08 Å². The van der Waals surface area contributed by atoms with Gasteiger partial charge in [0.2, 0.25) is 11.6 Å². The van der Waals surface area contributed by atoms with Gasteiger partial charge >= 0.3 is 0 Å². The number of rotatable bonds is 13. The number of fused-ring (bicyclic) bond motifs is 4. The fourth-order valence-corrected chi connectivity index (χ4v) is 11.3. The second kappa shape index (κ2) is 17.1. The number of aliphatic hydroxyl groups excluding tert-OH is 1. The van der Waals surface area contributed by atoms with Crippen LogP contribution in [0.2, 0.25) is 36.3 Å². The highest BCUT2D eigenvalue weighted by Gasteiger charge is 2.68. The van der Waals surface area contributed by atoms with E-state index in [4.69, 9.17) is 22.8 Å².